The van der Waals surface area contributed by atoms with E-state index in [0.29, 0.717) is 5.82 Å². The van der Waals surface area contributed by atoms with Crippen molar-refractivity contribution in [1.82, 2.24) is 14.4 Å². The highest BCUT2D eigenvalue weighted by Gasteiger charge is 2.15. The molecule has 0 fully saturated rings. The number of benzene rings is 1. The Kier molecular flexibility index (Phi) is 2.68. The zero-order chi connectivity index (χ0) is 14.4. The van der Waals surface area contributed by atoms with Crippen molar-refractivity contribution in [1.29, 1.82) is 0 Å². The van der Waals surface area contributed by atoms with Gasteiger partial charge in [0.2, 0.25) is 0 Å². The largest absolute Gasteiger partial charge is 0.383 e. The average molecular weight is 339 g/mol. The normalized spacial score (nSPS) is 11.3. The van der Waals surface area contributed by atoms with Gasteiger partial charge in [0.15, 0.2) is 5.65 Å². The predicted octanol–water partition coefficient (Wildman–Crippen LogP) is 3.89. The number of rotatable bonds is 1. The quantitative estimate of drug-likeness (QED) is 0.572. The molecule has 2 N–H and O–H groups in total. The molecule has 0 atom stereocenters. The third kappa shape index (κ3) is 1.81. The Balaban J connectivity index is 2.10. The van der Waals surface area contributed by atoms with Crippen LogP contribution in [-0.4, -0.2) is 14.4 Å². The fourth-order valence-electron chi connectivity index (χ4n) is 2.55. The van der Waals surface area contributed by atoms with Crippen LogP contribution in [-0.2, 0) is 0 Å². The van der Waals surface area contributed by atoms with Crippen LogP contribution >= 0.6 is 15.9 Å². The van der Waals surface area contributed by atoms with Crippen molar-refractivity contribution >= 4 is 38.3 Å². The third-order valence-electron chi connectivity index (χ3n) is 3.53. The average Bonchev–Trinajstić information content (AvgIpc) is 2.85. The minimum Gasteiger partial charge on any atom is -0.383 e. The first-order valence-electron chi connectivity index (χ1n) is 6.52. The standard InChI is InChI=1S/C16H11BrN4/c17-12-7-3-9-21-15(18)14(20-16(12)21)11-6-1-4-10-5-2-8-19-13(10)11/h1-9H,18H2. The number of pyridine rings is 2. The lowest BCUT2D eigenvalue weighted by Crippen LogP contribution is -1.94. The minimum atomic E-state index is 0.615. The number of nitrogen functional groups attached to an aromatic ring is 1. The molecule has 0 aliphatic carbocycles. The van der Waals surface area contributed by atoms with Crippen molar-refractivity contribution in [2.45, 2.75) is 0 Å². The maximum Gasteiger partial charge on any atom is 0.153 e. The smallest absolute Gasteiger partial charge is 0.153 e. The van der Waals surface area contributed by atoms with E-state index in [1.807, 2.05) is 53.1 Å². The van der Waals surface area contributed by atoms with E-state index in [1.165, 1.54) is 0 Å². The van der Waals surface area contributed by atoms with Gasteiger partial charge in [-0.1, -0.05) is 24.3 Å². The highest BCUT2D eigenvalue weighted by molar-refractivity contribution is 9.10. The first-order chi connectivity index (χ1) is 10.3. The van der Waals surface area contributed by atoms with E-state index in [0.717, 1.165) is 32.3 Å². The van der Waals surface area contributed by atoms with E-state index in [2.05, 4.69) is 25.9 Å². The SMILES string of the molecule is Nc1c(-c2cccc3cccnc23)nc2c(Br)cccn12. The van der Waals surface area contributed by atoms with Crippen LogP contribution in [0.25, 0.3) is 27.8 Å². The van der Waals surface area contributed by atoms with Crippen molar-refractivity contribution in [3.8, 4) is 11.3 Å². The maximum atomic E-state index is 6.28. The number of imidazole rings is 1. The molecular formula is C16H11BrN4. The zero-order valence-corrected chi connectivity index (χ0v) is 12.6. The lowest BCUT2D eigenvalue weighted by molar-refractivity contribution is 1.19. The molecular weight excluding hydrogens is 328 g/mol. The summed E-state index contributed by atoms with van der Waals surface area (Å²) in [5.74, 6) is 0.615. The van der Waals surface area contributed by atoms with Crippen LogP contribution < -0.4 is 5.73 Å². The van der Waals surface area contributed by atoms with E-state index >= 15 is 0 Å². The van der Waals surface area contributed by atoms with Gasteiger partial charge in [-0.3, -0.25) is 9.38 Å². The van der Waals surface area contributed by atoms with Crippen LogP contribution in [0.4, 0.5) is 5.82 Å². The second-order valence-corrected chi connectivity index (χ2v) is 5.63. The summed E-state index contributed by atoms with van der Waals surface area (Å²) in [4.78, 5) is 9.16. The second-order valence-electron chi connectivity index (χ2n) is 4.78. The van der Waals surface area contributed by atoms with Gasteiger partial charge in [0.25, 0.3) is 0 Å². The number of para-hydroxylation sites is 1. The lowest BCUT2D eigenvalue weighted by atomic mass is 10.1. The highest BCUT2D eigenvalue weighted by atomic mass is 79.9. The molecule has 0 bridgehead atoms. The van der Waals surface area contributed by atoms with Crippen LogP contribution in [0, 0.1) is 0 Å². The molecule has 4 nitrogen and oxygen atoms in total. The number of fused-ring (bicyclic) bond motifs is 2. The number of anilines is 1. The first-order valence-corrected chi connectivity index (χ1v) is 7.31. The first kappa shape index (κ1) is 12.3. The molecule has 0 saturated heterocycles. The van der Waals surface area contributed by atoms with Crippen molar-refractivity contribution < 1.29 is 0 Å². The summed E-state index contributed by atoms with van der Waals surface area (Å²) in [6.45, 7) is 0. The Morgan fingerprint density at radius 1 is 1.05 bits per heavy atom. The van der Waals surface area contributed by atoms with Crippen LogP contribution in [0.15, 0.2) is 59.3 Å². The summed E-state index contributed by atoms with van der Waals surface area (Å²) in [5, 5.41) is 1.07. The molecule has 0 spiro atoms. The number of hydrogen-bond donors (Lipinski definition) is 1. The van der Waals surface area contributed by atoms with Crippen LogP contribution in [0.2, 0.25) is 0 Å². The van der Waals surface area contributed by atoms with Gasteiger partial charge in [-0.25, -0.2) is 4.98 Å². The summed E-state index contributed by atoms with van der Waals surface area (Å²) < 4.78 is 2.79. The Hall–Kier alpha value is -2.40. The topological polar surface area (TPSA) is 56.2 Å². The number of halogens is 1. The lowest BCUT2D eigenvalue weighted by Gasteiger charge is -2.03. The van der Waals surface area contributed by atoms with E-state index in [9.17, 15) is 0 Å². The fraction of sp³-hybridized carbons (Fsp3) is 0. The number of hydrogen-bond acceptors (Lipinski definition) is 3. The van der Waals surface area contributed by atoms with Gasteiger partial charge in [0, 0.05) is 23.3 Å². The summed E-state index contributed by atoms with van der Waals surface area (Å²) in [7, 11) is 0. The minimum absolute atomic E-state index is 0.615. The number of nitrogens with two attached hydrogens (primary N) is 1. The monoisotopic (exact) mass is 338 g/mol. The molecule has 0 radical (unpaired) electrons. The molecule has 3 aromatic heterocycles. The molecule has 5 heteroatoms. The molecule has 0 aliphatic heterocycles. The molecule has 21 heavy (non-hydrogen) atoms. The molecule has 102 valence electrons. The van der Waals surface area contributed by atoms with Crippen molar-refractivity contribution in [2.75, 3.05) is 5.73 Å². The van der Waals surface area contributed by atoms with Gasteiger partial charge in [-0.2, -0.15) is 0 Å². The van der Waals surface area contributed by atoms with Crippen molar-refractivity contribution in [3.63, 3.8) is 0 Å². The Labute approximate surface area is 129 Å². The molecule has 0 amide bonds. The summed E-state index contributed by atoms with van der Waals surface area (Å²) in [5.41, 5.74) is 9.70. The van der Waals surface area contributed by atoms with E-state index in [1.54, 1.807) is 6.20 Å². The molecule has 4 aromatic rings. The van der Waals surface area contributed by atoms with Crippen molar-refractivity contribution in [3.05, 3.63) is 59.3 Å². The number of aromatic nitrogens is 3. The molecule has 0 aliphatic rings. The van der Waals surface area contributed by atoms with Gasteiger partial charge >= 0.3 is 0 Å². The van der Waals surface area contributed by atoms with E-state index in [4.69, 9.17) is 5.73 Å². The van der Waals surface area contributed by atoms with E-state index < -0.39 is 0 Å². The van der Waals surface area contributed by atoms with Gasteiger partial charge in [-0.15, -0.1) is 0 Å². The third-order valence-corrected chi connectivity index (χ3v) is 4.15. The molecule has 4 rings (SSSR count). The van der Waals surface area contributed by atoms with Crippen LogP contribution in [0.5, 0.6) is 0 Å². The Morgan fingerprint density at radius 2 is 1.90 bits per heavy atom. The molecule has 0 unspecified atom stereocenters. The summed E-state index contributed by atoms with van der Waals surface area (Å²) in [6, 6.07) is 13.9. The number of nitrogens with zero attached hydrogens (tertiary/aromatic N) is 3. The summed E-state index contributed by atoms with van der Waals surface area (Å²) in [6.07, 6.45) is 3.69. The van der Waals surface area contributed by atoms with Gasteiger partial charge < -0.3 is 5.73 Å². The van der Waals surface area contributed by atoms with Crippen LogP contribution in [0.3, 0.4) is 0 Å². The van der Waals surface area contributed by atoms with Crippen molar-refractivity contribution in [2.24, 2.45) is 0 Å². The highest BCUT2D eigenvalue weighted by Crippen LogP contribution is 2.32. The van der Waals surface area contributed by atoms with E-state index in [-0.39, 0.29) is 0 Å². The van der Waals surface area contributed by atoms with Gasteiger partial charge in [0.05, 0.1) is 9.99 Å². The zero-order valence-electron chi connectivity index (χ0n) is 11.0. The maximum absolute atomic E-state index is 6.28. The second kappa shape index (κ2) is 4.56. The predicted molar refractivity (Wildman–Crippen MR) is 88.0 cm³/mol. The molecule has 3 heterocycles. The van der Waals surface area contributed by atoms with Gasteiger partial charge in [0.1, 0.15) is 11.5 Å². The fourth-order valence-corrected chi connectivity index (χ4v) is 2.98. The molecule has 1 aromatic carbocycles. The summed E-state index contributed by atoms with van der Waals surface area (Å²) >= 11 is 3.51. The Bertz CT molecular complexity index is 969. The van der Waals surface area contributed by atoms with Crippen LogP contribution in [0.1, 0.15) is 0 Å². The molecule has 0 saturated carbocycles. The Morgan fingerprint density at radius 3 is 2.76 bits per heavy atom. The van der Waals surface area contributed by atoms with Gasteiger partial charge in [-0.05, 0) is 34.1 Å².